The highest BCUT2D eigenvalue weighted by molar-refractivity contribution is 6.38. The summed E-state index contributed by atoms with van der Waals surface area (Å²) in [6.45, 7) is 19.3. The van der Waals surface area contributed by atoms with Gasteiger partial charge in [-0.25, -0.2) is 48.5 Å². The quantitative estimate of drug-likeness (QED) is 0.0818. The summed E-state index contributed by atoms with van der Waals surface area (Å²) in [5, 5.41) is 21.1. The predicted molar refractivity (Wildman–Crippen MR) is 441 cm³/mol. The van der Waals surface area contributed by atoms with E-state index in [1.165, 1.54) is 79.1 Å². The van der Waals surface area contributed by atoms with E-state index in [1.54, 1.807) is 107 Å². The fourth-order valence-electron chi connectivity index (χ4n) is 18.3. The lowest BCUT2D eigenvalue weighted by molar-refractivity contribution is -0.125. The van der Waals surface area contributed by atoms with E-state index in [9.17, 15) is 48.9 Å². The fourth-order valence-corrected chi connectivity index (χ4v) is 20.2. The molecular weight excluding hydrogens is 1610 g/mol. The standard InChI is InChI=1S/C42H35Cl3N8O4.C41H32Cl4N8O4.CH4/c1-25-13-29(43)16-33(14-25)52-37(54)42(48(3)39(52)56)23-51(21-36(42)28-9-11-32(47-2)12-10-28)24-50-20-35(27-7-5-26(19-46)6-8-27)41(22-50)38(55)53(40(57)49(41)4)34-17-30(44)15-31(45)18-34;1-47-31-10-8-26(9-11-31)35-20-51(22-41(35)37(55)53(39(57)49(41)3)33-16-29(44)13-30(45)17-33)23-50-19-34(25-6-4-24(18-46)5-7-25)40(21-50)36(54)52(38(56)48(40)2)32-14-27(42)12-28(43)15-32;/h5-18,35-36H,20-24H2,1,3-4H3;4-17,34-35H,19-23H2,2-3H3;1H4/t35-,36+,41+,42-;34-,35-,40+,41+;/m00./s1. The molecule has 0 aromatic heterocycles. The first-order valence-corrected chi connectivity index (χ1v) is 38.6. The number of hydrogen-bond acceptors (Lipinski definition) is 14. The van der Waals surface area contributed by atoms with E-state index in [0.717, 1.165) is 42.5 Å². The Morgan fingerprint density at radius 2 is 0.574 bits per heavy atom. The predicted octanol–water partition coefficient (Wildman–Crippen LogP) is 16.0. The van der Waals surface area contributed by atoms with E-state index in [-0.39, 0.29) is 100 Å². The van der Waals surface area contributed by atoms with Gasteiger partial charge in [0.05, 0.1) is 72.5 Å². The summed E-state index contributed by atoms with van der Waals surface area (Å²) in [4.78, 5) is 142. The topological polar surface area (TPSA) is 232 Å². The lowest BCUT2D eigenvalue weighted by Crippen LogP contribution is -2.55. The number of likely N-dealkylation sites (N-methyl/N-ethyl adjacent to an activating group) is 4. The number of aryl methyl sites for hydroxylation is 1. The Kier molecular flexibility index (Phi) is 21.7. The molecule has 4 spiro atoms. The molecule has 0 N–H and O–H groups in total. The maximum atomic E-state index is 14.9. The van der Waals surface area contributed by atoms with Gasteiger partial charge in [0.2, 0.25) is 0 Å². The Balaban J connectivity index is 0.000000188. The van der Waals surface area contributed by atoms with Crippen LogP contribution in [0.3, 0.4) is 0 Å². The molecule has 0 bridgehead atoms. The molecule has 115 heavy (non-hydrogen) atoms. The van der Waals surface area contributed by atoms with Gasteiger partial charge in [-0.1, -0.05) is 161 Å². The number of anilines is 4. The smallest absolute Gasteiger partial charge is 0.310 e. The number of carbonyl (C=O) groups excluding carboxylic acids is 8. The molecule has 8 saturated heterocycles. The SMILES string of the molecule is C.[C-]#[N+]c1ccc([C@@H]2CN(CN3C[C@@H](c4ccc(C#N)cc4)[C@]4(C3)C(=O)N(c3cc(Cl)cc(Cl)c3)C(=O)N4C)C[C@]23C(=O)N(c2cc(Cl)cc(Cl)c2)C(=O)N3C)cc1.[C-]#[N+]c1ccc([C@H]2CN(CN3C[C@@H](c4ccc(C#N)cc4)[C@]4(C3)C(=O)N(c3cc(Cl)cc(Cl)c3)C(=O)N4C)C[C@@]23C(=O)N(c2cc(C)cc(Cl)c2)C(=O)N3C)cc1. The van der Waals surface area contributed by atoms with Crippen LogP contribution < -0.4 is 19.6 Å². The summed E-state index contributed by atoms with van der Waals surface area (Å²) in [6.07, 6.45) is 0. The molecule has 12 amide bonds. The molecule has 8 aromatic rings. The third-order valence-electron chi connectivity index (χ3n) is 23.7. The third-order valence-corrected chi connectivity index (χ3v) is 25.2. The molecule has 8 fully saturated rings. The molecular formula is C84H71Cl7N16O8. The fraction of sp³-hybridized carbons (Fsp3) is 0.286. The summed E-state index contributed by atoms with van der Waals surface area (Å²) >= 11 is 44.4. The van der Waals surface area contributed by atoms with Crippen LogP contribution in [0.25, 0.3) is 9.69 Å². The van der Waals surface area contributed by atoms with Gasteiger partial charge in [-0.2, -0.15) is 10.5 Å². The van der Waals surface area contributed by atoms with Gasteiger partial charge in [0.25, 0.3) is 23.6 Å². The van der Waals surface area contributed by atoms with Crippen molar-refractivity contribution < 1.29 is 38.4 Å². The minimum atomic E-state index is -1.37. The Morgan fingerprint density at radius 1 is 0.357 bits per heavy atom. The first-order chi connectivity index (χ1) is 54.4. The van der Waals surface area contributed by atoms with Crippen molar-refractivity contribution in [2.24, 2.45) is 0 Å². The van der Waals surface area contributed by atoms with Gasteiger partial charge in [0.1, 0.15) is 22.2 Å². The monoisotopic (exact) mass is 1680 g/mol. The van der Waals surface area contributed by atoms with Gasteiger partial charge < -0.3 is 19.6 Å². The highest BCUT2D eigenvalue weighted by Crippen LogP contribution is 2.53. The number of imide groups is 4. The van der Waals surface area contributed by atoms with Crippen molar-refractivity contribution >= 4 is 163 Å². The largest absolute Gasteiger partial charge is 0.332 e. The van der Waals surface area contributed by atoms with Crippen molar-refractivity contribution in [1.82, 2.24) is 39.2 Å². The first kappa shape index (κ1) is 80.9. The van der Waals surface area contributed by atoms with Gasteiger partial charge in [0.15, 0.2) is 11.4 Å². The molecule has 0 saturated carbocycles. The average molecular weight is 1680 g/mol. The number of halogens is 7. The molecule has 8 aromatic carbocycles. The van der Waals surface area contributed by atoms with Gasteiger partial charge in [-0.3, -0.25) is 38.8 Å². The molecule has 0 radical (unpaired) electrons. The molecule has 584 valence electrons. The van der Waals surface area contributed by atoms with Crippen molar-refractivity contribution in [2.75, 3.05) is 113 Å². The summed E-state index contributed by atoms with van der Waals surface area (Å²) in [5.74, 6) is -3.79. The summed E-state index contributed by atoms with van der Waals surface area (Å²) in [7, 11) is 6.47. The van der Waals surface area contributed by atoms with Crippen LogP contribution >= 0.6 is 81.2 Å². The molecule has 8 atom stereocenters. The van der Waals surface area contributed by atoms with Crippen LogP contribution in [0.4, 0.5) is 53.3 Å². The van der Waals surface area contributed by atoms with Gasteiger partial charge in [0, 0.05) is 139 Å². The zero-order valence-corrected chi connectivity index (χ0v) is 66.9. The number of likely N-dealkylation sites (tertiary alicyclic amines) is 4. The number of hydrogen-bond donors (Lipinski definition) is 0. The van der Waals surface area contributed by atoms with E-state index in [1.807, 2.05) is 43.3 Å². The number of benzene rings is 8. The van der Waals surface area contributed by atoms with Crippen LogP contribution in [0.2, 0.25) is 35.2 Å². The van der Waals surface area contributed by atoms with Crippen molar-refractivity contribution in [1.29, 1.82) is 10.5 Å². The van der Waals surface area contributed by atoms with Crippen molar-refractivity contribution in [3.05, 3.63) is 267 Å². The number of nitrogens with zero attached hydrogens (tertiary/aromatic N) is 16. The number of carbonyl (C=O) groups is 8. The summed E-state index contributed by atoms with van der Waals surface area (Å²) in [5.41, 5.74) is 1.39. The van der Waals surface area contributed by atoms with Crippen LogP contribution in [0.1, 0.15) is 70.0 Å². The van der Waals surface area contributed by atoms with Crippen molar-refractivity contribution in [2.45, 2.75) is 60.2 Å². The second-order valence-corrected chi connectivity index (χ2v) is 33.0. The molecule has 31 heteroatoms. The van der Waals surface area contributed by atoms with E-state index in [4.69, 9.17) is 94.4 Å². The van der Waals surface area contributed by atoms with Crippen LogP contribution in [-0.2, 0) is 19.2 Å². The molecule has 8 aliphatic rings. The van der Waals surface area contributed by atoms with Crippen LogP contribution in [0.15, 0.2) is 170 Å². The minimum Gasteiger partial charge on any atom is -0.310 e. The Morgan fingerprint density at radius 3 is 0.791 bits per heavy atom. The number of amides is 12. The molecule has 0 unspecified atom stereocenters. The van der Waals surface area contributed by atoms with E-state index in [2.05, 4.69) is 41.4 Å². The van der Waals surface area contributed by atoms with Crippen LogP contribution in [-0.4, -0.2) is 203 Å². The van der Waals surface area contributed by atoms with Gasteiger partial charge in [-0.05, 0) is 132 Å². The molecule has 0 aliphatic carbocycles. The normalized spacial score (nSPS) is 24.9. The minimum absolute atomic E-state index is 0. The number of urea groups is 4. The Labute approximate surface area is 698 Å². The van der Waals surface area contributed by atoms with Crippen LogP contribution in [0, 0.1) is 42.7 Å². The molecule has 16 rings (SSSR count). The Bertz CT molecular complexity index is 4830. The molecule has 24 nitrogen and oxygen atoms in total. The summed E-state index contributed by atoms with van der Waals surface area (Å²) < 4.78 is 0. The maximum Gasteiger partial charge on any atom is 0.332 e. The maximum absolute atomic E-state index is 14.9. The van der Waals surface area contributed by atoms with Crippen molar-refractivity contribution in [3.8, 4) is 12.1 Å². The average Bonchev–Trinajstić information content (AvgIpc) is 2.37. The number of nitriles is 2. The zero-order chi connectivity index (χ0) is 81.1. The van der Waals surface area contributed by atoms with E-state index >= 15 is 0 Å². The second kappa shape index (κ2) is 30.8. The second-order valence-electron chi connectivity index (χ2n) is 29.9. The zero-order valence-electron chi connectivity index (χ0n) is 61.6. The summed E-state index contributed by atoms with van der Waals surface area (Å²) in [6, 6.07) is 49.1. The Hall–Kier alpha value is -10.7. The van der Waals surface area contributed by atoms with Gasteiger partial charge >= 0.3 is 24.1 Å². The van der Waals surface area contributed by atoms with Crippen molar-refractivity contribution in [3.63, 3.8) is 0 Å². The van der Waals surface area contributed by atoms with E-state index in [0.29, 0.717) is 59.4 Å². The lowest BCUT2D eigenvalue weighted by atomic mass is 9.80. The van der Waals surface area contributed by atoms with E-state index < -0.39 is 87.7 Å². The highest BCUT2D eigenvalue weighted by Gasteiger charge is 2.70. The van der Waals surface area contributed by atoms with Crippen LogP contribution in [0.5, 0.6) is 0 Å². The number of rotatable bonds is 12. The lowest BCUT2D eigenvalue weighted by Gasteiger charge is -2.34. The highest BCUT2D eigenvalue weighted by atomic mass is 35.5. The molecule has 8 aliphatic heterocycles. The first-order valence-electron chi connectivity index (χ1n) is 35.9. The third kappa shape index (κ3) is 13.4. The van der Waals surface area contributed by atoms with Gasteiger partial charge in [-0.15, -0.1) is 0 Å². The molecule has 8 heterocycles.